The zero-order chi connectivity index (χ0) is 24.2. The molecule has 34 heavy (non-hydrogen) atoms. The van der Waals surface area contributed by atoms with Crippen molar-refractivity contribution in [2.24, 2.45) is 5.92 Å². The van der Waals surface area contributed by atoms with Crippen LogP contribution in [0.1, 0.15) is 67.2 Å². The highest BCUT2D eigenvalue weighted by Gasteiger charge is 2.23. The lowest BCUT2D eigenvalue weighted by molar-refractivity contribution is -0.141. The molecule has 0 N–H and O–H groups in total. The molecule has 0 spiro atoms. The van der Waals surface area contributed by atoms with Crippen LogP contribution in [0.5, 0.6) is 0 Å². The number of amides is 2. The maximum atomic E-state index is 13.5. The second kappa shape index (κ2) is 14.3. The minimum absolute atomic E-state index is 0.000493. The van der Waals surface area contributed by atoms with Crippen LogP contribution < -0.4 is 0 Å². The van der Waals surface area contributed by atoms with Gasteiger partial charge in [0.1, 0.15) is 0 Å². The fourth-order valence-electron chi connectivity index (χ4n) is 4.64. The number of carbonyl (C=O) groups excluding carboxylic acids is 2. The van der Waals surface area contributed by atoms with Crippen molar-refractivity contribution in [3.8, 4) is 0 Å². The Balaban J connectivity index is 1.66. The van der Waals surface area contributed by atoms with E-state index in [1.807, 2.05) is 42.2 Å². The third kappa shape index (κ3) is 8.88. The highest BCUT2D eigenvalue weighted by atomic mass is 32.1. The van der Waals surface area contributed by atoms with Gasteiger partial charge in [0, 0.05) is 42.5 Å². The predicted octanol–water partition coefficient (Wildman–Crippen LogP) is 5.81. The summed E-state index contributed by atoms with van der Waals surface area (Å²) in [5.74, 6) is 0.769. The van der Waals surface area contributed by atoms with E-state index in [9.17, 15) is 9.59 Å². The van der Waals surface area contributed by atoms with Gasteiger partial charge in [0.15, 0.2) is 0 Å². The van der Waals surface area contributed by atoms with Crippen molar-refractivity contribution < 1.29 is 14.3 Å². The molecule has 1 aromatic heterocycles. The lowest BCUT2D eigenvalue weighted by Gasteiger charge is -2.28. The zero-order valence-corrected chi connectivity index (χ0v) is 21.7. The zero-order valence-electron chi connectivity index (χ0n) is 20.8. The third-order valence-corrected chi connectivity index (χ3v) is 7.54. The van der Waals surface area contributed by atoms with Gasteiger partial charge in [0.25, 0.3) is 0 Å². The van der Waals surface area contributed by atoms with Gasteiger partial charge in [0.05, 0.1) is 13.1 Å². The van der Waals surface area contributed by atoms with E-state index in [1.54, 1.807) is 16.2 Å². The molecule has 3 rings (SSSR count). The Hall–Kier alpha value is -2.18. The number of hydrogen-bond acceptors (Lipinski definition) is 4. The van der Waals surface area contributed by atoms with Crippen LogP contribution in [-0.4, -0.2) is 47.9 Å². The highest BCUT2D eigenvalue weighted by Crippen LogP contribution is 2.28. The summed E-state index contributed by atoms with van der Waals surface area (Å²) in [6, 6.07) is 14.3. The molecule has 0 saturated heterocycles. The minimum atomic E-state index is 0.000493. The molecule has 1 heterocycles. The molecule has 0 bridgehead atoms. The van der Waals surface area contributed by atoms with E-state index >= 15 is 0 Å². The van der Waals surface area contributed by atoms with Crippen molar-refractivity contribution in [2.75, 3.05) is 26.3 Å². The van der Waals surface area contributed by atoms with E-state index in [4.69, 9.17) is 4.74 Å². The van der Waals surface area contributed by atoms with Crippen LogP contribution in [0.15, 0.2) is 42.5 Å². The molecule has 0 aliphatic heterocycles. The van der Waals surface area contributed by atoms with Crippen LogP contribution in [0.4, 0.5) is 0 Å². The molecule has 0 radical (unpaired) electrons. The third-order valence-electron chi connectivity index (χ3n) is 6.55. The Morgan fingerprint density at radius 2 is 1.76 bits per heavy atom. The number of aryl methyl sites for hydroxylation is 1. The standard InChI is InChI=1S/C28H40N2O3S/c1-3-33-19-9-18-29(27(31)17-15-24-10-7-8-11-24)22-28(32)30(20-25-12-5-4-6-13-25)21-26-16-14-23(2)34-26/h4-6,12-14,16,24H,3,7-11,15,17-22H2,1-2H3. The summed E-state index contributed by atoms with van der Waals surface area (Å²) in [4.78, 5) is 32.7. The quantitative estimate of drug-likeness (QED) is 0.318. The predicted molar refractivity (Wildman–Crippen MR) is 139 cm³/mol. The smallest absolute Gasteiger partial charge is 0.242 e. The fraction of sp³-hybridized carbons (Fsp3) is 0.571. The van der Waals surface area contributed by atoms with Gasteiger partial charge in [-0.1, -0.05) is 56.0 Å². The molecule has 2 aromatic rings. The Morgan fingerprint density at radius 3 is 2.44 bits per heavy atom. The SMILES string of the molecule is CCOCCCN(CC(=O)N(Cc1ccccc1)Cc1ccc(C)s1)C(=O)CCC1CCCC1. The molecule has 1 saturated carbocycles. The monoisotopic (exact) mass is 484 g/mol. The molecule has 1 aliphatic rings. The largest absolute Gasteiger partial charge is 0.382 e. The van der Waals surface area contributed by atoms with Gasteiger partial charge in [-0.3, -0.25) is 9.59 Å². The number of thiophene rings is 1. The maximum absolute atomic E-state index is 13.5. The van der Waals surface area contributed by atoms with E-state index in [2.05, 4.69) is 19.1 Å². The van der Waals surface area contributed by atoms with E-state index in [1.165, 1.54) is 30.6 Å². The molecule has 1 aliphatic carbocycles. The summed E-state index contributed by atoms with van der Waals surface area (Å²) in [5, 5.41) is 0. The van der Waals surface area contributed by atoms with Crippen LogP contribution in [0.2, 0.25) is 0 Å². The van der Waals surface area contributed by atoms with Gasteiger partial charge < -0.3 is 14.5 Å². The van der Waals surface area contributed by atoms with Gasteiger partial charge in [-0.2, -0.15) is 0 Å². The maximum Gasteiger partial charge on any atom is 0.242 e. The molecule has 1 fully saturated rings. The van der Waals surface area contributed by atoms with Gasteiger partial charge >= 0.3 is 0 Å². The summed E-state index contributed by atoms with van der Waals surface area (Å²) < 4.78 is 5.49. The van der Waals surface area contributed by atoms with E-state index in [0.717, 1.165) is 23.3 Å². The van der Waals surface area contributed by atoms with Gasteiger partial charge in [0.2, 0.25) is 11.8 Å². The van der Waals surface area contributed by atoms with Crippen molar-refractivity contribution in [1.29, 1.82) is 0 Å². The molecular formula is C28H40N2O3S. The number of carbonyl (C=O) groups is 2. The van der Waals surface area contributed by atoms with Crippen molar-refractivity contribution in [1.82, 2.24) is 9.80 Å². The van der Waals surface area contributed by atoms with Gasteiger partial charge in [-0.05, 0) is 50.3 Å². The second-order valence-electron chi connectivity index (χ2n) is 9.30. The van der Waals surface area contributed by atoms with Crippen LogP contribution in [0.25, 0.3) is 0 Å². The van der Waals surface area contributed by atoms with E-state index in [-0.39, 0.29) is 18.4 Å². The number of benzene rings is 1. The summed E-state index contributed by atoms with van der Waals surface area (Å²) >= 11 is 1.72. The van der Waals surface area contributed by atoms with Gasteiger partial charge in [-0.15, -0.1) is 11.3 Å². The van der Waals surface area contributed by atoms with E-state index in [0.29, 0.717) is 45.2 Å². The normalized spacial score (nSPS) is 13.8. The summed E-state index contributed by atoms with van der Waals surface area (Å²) in [6.45, 7) is 7.13. The first-order valence-electron chi connectivity index (χ1n) is 12.8. The molecule has 186 valence electrons. The second-order valence-corrected chi connectivity index (χ2v) is 10.7. The average Bonchev–Trinajstić information content (AvgIpc) is 3.51. The number of rotatable bonds is 14. The van der Waals surface area contributed by atoms with Crippen LogP contribution >= 0.6 is 11.3 Å². The minimum Gasteiger partial charge on any atom is -0.382 e. The summed E-state index contributed by atoms with van der Waals surface area (Å²) in [7, 11) is 0. The van der Waals surface area contributed by atoms with Gasteiger partial charge in [-0.25, -0.2) is 0 Å². The van der Waals surface area contributed by atoms with E-state index < -0.39 is 0 Å². The van der Waals surface area contributed by atoms with Crippen molar-refractivity contribution >= 4 is 23.2 Å². The average molecular weight is 485 g/mol. The van der Waals surface area contributed by atoms with Crippen LogP contribution in [-0.2, 0) is 27.4 Å². The van der Waals surface area contributed by atoms with Crippen molar-refractivity contribution in [2.45, 2.75) is 71.9 Å². The molecule has 1 aromatic carbocycles. The fourth-order valence-corrected chi connectivity index (χ4v) is 5.54. The number of hydrogen-bond donors (Lipinski definition) is 0. The Morgan fingerprint density at radius 1 is 1.00 bits per heavy atom. The van der Waals surface area contributed by atoms with Crippen molar-refractivity contribution in [3.05, 3.63) is 57.8 Å². The molecule has 0 unspecified atom stereocenters. The first-order valence-corrected chi connectivity index (χ1v) is 13.6. The molecular weight excluding hydrogens is 444 g/mol. The highest BCUT2D eigenvalue weighted by molar-refractivity contribution is 7.11. The number of nitrogens with zero attached hydrogens (tertiary/aromatic N) is 2. The lowest BCUT2D eigenvalue weighted by atomic mass is 10.0. The topological polar surface area (TPSA) is 49.9 Å². The Kier molecular flexibility index (Phi) is 11.1. The summed E-state index contributed by atoms with van der Waals surface area (Å²) in [6.07, 6.45) is 7.27. The summed E-state index contributed by atoms with van der Waals surface area (Å²) in [5.41, 5.74) is 1.10. The first kappa shape index (κ1) is 26.4. The lowest BCUT2D eigenvalue weighted by Crippen LogP contribution is -2.43. The van der Waals surface area contributed by atoms with Crippen LogP contribution in [0.3, 0.4) is 0 Å². The Labute approximate surface area is 209 Å². The molecule has 2 amide bonds. The first-order chi connectivity index (χ1) is 16.5. The molecule has 0 atom stereocenters. The van der Waals surface area contributed by atoms with Crippen LogP contribution in [0, 0.1) is 12.8 Å². The molecule has 6 heteroatoms. The number of ether oxygens (including phenoxy) is 1. The van der Waals surface area contributed by atoms with Crippen molar-refractivity contribution in [3.63, 3.8) is 0 Å². The Bertz CT molecular complexity index is 877. The molecule has 5 nitrogen and oxygen atoms in total.